The van der Waals surface area contributed by atoms with Gasteiger partial charge in [-0.1, -0.05) is 19.1 Å². The summed E-state index contributed by atoms with van der Waals surface area (Å²) in [4.78, 5) is 20.1. The van der Waals surface area contributed by atoms with Crippen molar-refractivity contribution in [2.45, 2.75) is 45.6 Å². The lowest BCUT2D eigenvalue weighted by Crippen LogP contribution is -2.39. The zero-order valence-corrected chi connectivity index (χ0v) is 19.1. The van der Waals surface area contributed by atoms with Gasteiger partial charge in [-0.3, -0.25) is 4.90 Å². The van der Waals surface area contributed by atoms with Crippen molar-refractivity contribution in [3.63, 3.8) is 0 Å². The molecule has 30 heavy (non-hydrogen) atoms. The minimum Gasteiger partial charge on any atom is -0.443 e. The molecule has 1 amide bonds. The number of hydrogen-bond donors (Lipinski definition) is 0. The van der Waals surface area contributed by atoms with Crippen LogP contribution in [0.1, 0.15) is 44.7 Å². The van der Waals surface area contributed by atoms with Crippen LogP contribution in [0.3, 0.4) is 0 Å². The summed E-state index contributed by atoms with van der Waals surface area (Å²) in [5.74, 6) is -2.71. The molecule has 0 radical (unpaired) electrons. The van der Waals surface area contributed by atoms with Gasteiger partial charge in [0.1, 0.15) is 5.60 Å². The molecule has 1 aromatic carbocycles. The normalized spacial score (nSPS) is 18.1. The average molecular weight is 438 g/mol. The molecule has 2 heterocycles. The minimum absolute atomic E-state index is 0.196. The topological polar surface area (TPSA) is 45.7 Å². The lowest BCUT2D eigenvalue weighted by Gasteiger charge is -2.33. The fourth-order valence-electron chi connectivity index (χ4n) is 3.38. The number of hydrogen-bond acceptors (Lipinski definition) is 5. The zero-order valence-electron chi connectivity index (χ0n) is 18.3. The molecule has 1 aliphatic heterocycles. The number of carbonyl (C=O) groups is 1. The van der Waals surface area contributed by atoms with Crippen LogP contribution in [0.25, 0.3) is 15.9 Å². The molecule has 5 nitrogen and oxygen atoms in total. The first-order valence-corrected chi connectivity index (χ1v) is 10.8. The highest BCUT2D eigenvalue weighted by Crippen LogP contribution is 2.37. The lowest BCUT2D eigenvalue weighted by atomic mass is 9.98. The molecule has 3 rings (SSSR count). The number of thiazole rings is 1. The number of nitrogens with zero attached hydrogens (tertiary/aromatic N) is 3. The maximum atomic E-state index is 14.5. The van der Waals surface area contributed by atoms with E-state index >= 15 is 0 Å². The van der Waals surface area contributed by atoms with Gasteiger partial charge in [-0.2, -0.15) is 8.78 Å². The number of allylic oxidation sites excluding steroid dienone is 1. The molecule has 0 unspecified atom stereocenters. The van der Waals surface area contributed by atoms with E-state index in [1.54, 1.807) is 31.1 Å². The van der Waals surface area contributed by atoms with E-state index in [9.17, 15) is 13.6 Å². The first-order chi connectivity index (χ1) is 13.9. The van der Waals surface area contributed by atoms with Crippen LogP contribution in [0.15, 0.2) is 24.3 Å². The van der Waals surface area contributed by atoms with Gasteiger partial charge in [-0.15, -0.1) is 11.3 Å². The Morgan fingerprint density at radius 1 is 1.33 bits per heavy atom. The predicted molar refractivity (Wildman–Crippen MR) is 117 cm³/mol. The number of carbonyl (C=O) groups excluding carboxylic acids is 1. The molecule has 0 aliphatic carbocycles. The van der Waals surface area contributed by atoms with Crippen molar-refractivity contribution in [1.82, 2.24) is 14.8 Å². The van der Waals surface area contributed by atoms with Gasteiger partial charge in [0.15, 0.2) is 5.01 Å². The number of alkyl halides is 2. The van der Waals surface area contributed by atoms with E-state index < -0.39 is 24.2 Å². The molecule has 0 fully saturated rings. The summed E-state index contributed by atoms with van der Waals surface area (Å²) in [5, 5.41) is -0.196. The quantitative estimate of drug-likeness (QED) is 0.628. The van der Waals surface area contributed by atoms with Crippen LogP contribution >= 0.6 is 11.3 Å². The Morgan fingerprint density at radius 3 is 2.67 bits per heavy atom. The molecular formula is C22H29F2N3O2S. The number of rotatable bonds is 4. The monoisotopic (exact) mass is 437 g/mol. The van der Waals surface area contributed by atoms with Crippen LogP contribution in [0, 0.1) is 5.92 Å². The Balaban J connectivity index is 1.95. The van der Waals surface area contributed by atoms with Gasteiger partial charge in [-0.05, 0) is 59.3 Å². The van der Waals surface area contributed by atoms with Crippen molar-refractivity contribution in [3.8, 4) is 0 Å². The Kier molecular flexibility index (Phi) is 6.20. The van der Waals surface area contributed by atoms with Gasteiger partial charge in [0.2, 0.25) is 0 Å². The third-order valence-corrected chi connectivity index (χ3v) is 5.77. The first kappa shape index (κ1) is 22.6. The zero-order chi connectivity index (χ0) is 22.3. The number of likely N-dealkylation sites (N-methyl/N-ethyl adjacent to an activating group) is 1. The Labute approximate surface area is 180 Å². The molecule has 1 atom stereocenters. The molecule has 8 heteroatoms. The molecular weight excluding hydrogens is 408 g/mol. The third-order valence-electron chi connectivity index (χ3n) is 4.62. The molecule has 1 aromatic heterocycles. The van der Waals surface area contributed by atoms with E-state index in [-0.39, 0.29) is 5.01 Å². The summed E-state index contributed by atoms with van der Waals surface area (Å²) in [6, 6.07) is 5.43. The van der Waals surface area contributed by atoms with E-state index in [2.05, 4.69) is 11.9 Å². The average Bonchev–Trinajstić information content (AvgIpc) is 3.03. The van der Waals surface area contributed by atoms with Gasteiger partial charge < -0.3 is 9.64 Å². The van der Waals surface area contributed by atoms with E-state index in [1.165, 1.54) is 4.90 Å². The number of halogens is 2. The molecule has 2 aromatic rings. The molecule has 0 saturated heterocycles. The lowest BCUT2D eigenvalue weighted by molar-refractivity contribution is -0.0269. The fraction of sp³-hybridized carbons (Fsp3) is 0.545. The number of ether oxygens (including phenoxy) is 1. The van der Waals surface area contributed by atoms with Crippen molar-refractivity contribution in [2.75, 3.05) is 27.2 Å². The summed E-state index contributed by atoms with van der Waals surface area (Å²) in [7, 11) is 3.22. The summed E-state index contributed by atoms with van der Waals surface area (Å²) < 4.78 is 35.3. The molecule has 1 aliphatic rings. The number of aromatic nitrogens is 1. The second-order valence-corrected chi connectivity index (χ2v) is 10.2. The van der Waals surface area contributed by atoms with Crippen molar-refractivity contribution in [3.05, 3.63) is 34.8 Å². The van der Waals surface area contributed by atoms with Crippen molar-refractivity contribution >= 4 is 33.3 Å². The Bertz CT molecular complexity index is 963. The van der Waals surface area contributed by atoms with Crippen LogP contribution in [0.5, 0.6) is 0 Å². The highest BCUT2D eigenvalue weighted by molar-refractivity contribution is 7.18. The molecule has 0 saturated carbocycles. The SMILES string of the molecule is C[C@H]1CC=C(c2ccc3sc(C(F)(F)CN(C)C)nc3c2)N(C(=O)OC(C)(C)C)C1. The van der Waals surface area contributed by atoms with E-state index in [0.29, 0.717) is 22.7 Å². The largest absolute Gasteiger partial charge is 0.443 e. The van der Waals surface area contributed by atoms with Crippen LogP contribution in [-0.2, 0) is 10.7 Å². The molecule has 0 N–H and O–H groups in total. The minimum atomic E-state index is -3.02. The molecule has 0 spiro atoms. The number of benzene rings is 1. The number of fused-ring (bicyclic) bond motifs is 1. The van der Waals surface area contributed by atoms with E-state index in [0.717, 1.165) is 29.0 Å². The Hall–Kier alpha value is -2.06. The second kappa shape index (κ2) is 8.23. The van der Waals surface area contributed by atoms with Crippen LogP contribution in [0.2, 0.25) is 0 Å². The van der Waals surface area contributed by atoms with Crippen LogP contribution in [0.4, 0.5) is 13.6 Å². The molecule has 164 valence electrons. The van der Waals surface area contributed by atoms with Gasteiger partial charge >= 0.3 is 12.0 Å². The fourth-order valence-corrected chi connectivity index (χ4v) is 4.29. The summed E-state index contributed by atoms with van der Waals surface area (Å²) in [5.41, 5.74) is 1.41. The molecule has 0 bridgehead atoms. The highest BCUT2D eigenvalue weighted by atomic mass is 32.1. The van der Waals surface area contributed by atoms with Crippen molar-refractivity contribution < 1.29 is 18.3 Å². The van der Waals surface area contributed by atoms with E-state index in [4.69, 9.17) is 4.74 Å². The van der Waals surface area contributed by atoms with E-state index in [1.807, 2.05) is 32.9 Å². The summed E-state index contributed by atoms with van der Waals surface area (Å²) in [6.45, 7) is 7.72. The maximum absolute atomic E-state index is 14.5. The Morgan fingerprint density at radius 2 is 2.03 bits per heavy atom. The highest BCUT2D eigenvalue weighted by Gasteiger charge is 2.36. The summed E-state index contributed by atoms with van der Waals surface area (Å²) >= 11 is 1.00. The van der Waals surface area contributed by atoms with Gasteiger partial charge in [-0.25, -0.2) is 9.78 Å². The summed E-state index contributed by atoms with van der Waals surface area (Å²) in [6.07, 6.45) is 2.43. The second-order valence-electron chi connectivity index (χ2n) is 9.16. The first-order valence-electron chi connectivity index (χ1n) is 10.0. The predicted octanol–water partition coefficient (Wildman–Crippen LogP) is 5.57. The van der Waals surface area contributed by atoms with Gasteiger partial charge in [0, 0.05) is 12.1 Å². The van der Waals surface area contributed by atoms with Crippen molar-refractivity contribution in [2.24, 2.45) is 5.92 Å². The number of amides is 1. The van der Waals surface area contributed by atoms with Crippen LogP contribution in [-0.4, -0.2) is 53.7 Å². The van der Waals surface area contributed by atoms with Crippen molar-refractivity contribution in [1.29, 1.82) is 0 Å². The third kappa shape index (κ3) is 5.16. The maximum Gasteiger partial charge on any atom is 0.414 e. The smallest absolute Gasteiger partial charge is 0.414 e. The standard InChI is InChI=1S/C22H29F2N3O2S/c1-14-7-9-17(27(12-14)20(28)29-21(2,3)4)15-8-10-18-16(11-15)25-19(30-18)22(23,24)13-26(5)6/h8-11,14H,7,12-13H2,1-6H3/t14-/m0/s1. The van der Waals surface area contributed by atoms with Gasteiger partial charge in [0.05, 0.1) is 22.5 Å². The van der Waals surface area contributed by atoms with Gasteiger partial charge in [0.25, 0.3) is 0 Å². The van der Waals surface area contributed by atoms with Crippen LogP contribution < -0.4 is 0 Å².